The highest BCUT2D eigenvalue weighted by Gasteiger charge is 2.24. The molecule has 0 saturated heterocycles. The molecule has 3 nitrogen and oxygen atoms in total. The molecular formula is C9H14IN3. The Morgan fingerprint density at radius 2 is 2.46 bits per heavy atom. The van der Waals surface area contributed by atoms with Crippen molar-refractivity contribution < 1.29 is 0 Å². The summed E-state index contributed by atoms with van der Waals surface area (Å²) in [5.74, 6) is 1.69. The van der Waals surface area contributed by atoms with Crippen molar-refractivity contribution in [2.75, 3.05) is 0 Å². The van der Waals surface area contributed by atoms with Gasteiger partial charge in [0, 0.05) is 29.1 Å². The molecule has 1 atom stereocenters. The molecule has 1 aliphatic rings. The predicted octanol–water partition coefficient (Wildman–Crippen LogP) is 2.32. The molecule has 1 heterocycles. The van der Waals surface area contributed by atoms with Gasteiger partial charge in [0.15, 0.2) is 0 Å². The fourth-order valence-electron chi connectivity index (χ4n) is 1.81. The minimum Gasteiger partial charge on any atom is -0.252 e. The fourth-order valence-corrected chi connectivity index (χ4v) is 2.21. The number of hydrogen-bond acceptors (Lipinski definition) is 2. The molecule has 13 heavy (non-hydrogen) atoms. The molecule has 4 heteroatoms. The molecular weight excluding hydrogens is 277 g/mol. The second-order valence-corrected chi connectivity index (χ2v) is 4.87. The van der Waals surface area contributed by atoms with E-state index in [0.29, 0.717) is 0 Å². The second kappa shape index (κ2) is 3.94. The van der Waals surface area contributed by atoms with Gasteiger partial charge in [-0.2, -0.15) is 0 Å². The summed E-state index contributed by atoms with van der Waals surface area (Å²) in [6.07, 6.45) is 6.07. The molecule has 1 aromatic rings. The van der Waals surface area contributed by atoms with Crippen molar-refractivity contribution in [3.8, 4) is 0 Å². The molecule has 1 aliphatic carbocycles. The van der Waals surface area contributed by atoms with Gasteiger partial charge in [-0.25, -0.2) is 4.98 Å². The average molecular weight is 291 g/mol. The Labute approximate surface area is 92.1 Å². The van der Waals surface area contributed by atoms with Gasteiger partial charge < -0.3 is 0 Å². The smallest absolute Gasteiger partial charge is 0.211 e. The number of rotatable bonds is 3. The van der Waals surface area contributed by atoms with E-state index in [1.54, 1.807) is 0 Å². The molecule has 2 rings (SSSR count). The SMILES string of the molecule is CC(Cn1cnc(I)n1)C1CCC1. The molecule has 0 aromatic carbocycles. The number of nitrogens with zero attached hydrogens (tertiary/aromatic N) is 3. The number of aromatic nitrogens is 3. The summed E-state index contributed by atoms with van der Waals surface area (Å²) in [4.78, 5) is 4.11. The van der Waals surface area contributed by atoms with Gasteiger partial charge in [0.2, 0.25) is 3.83 Å². The van der Waals surface area contributed by atoms with Gasteiger partial charge in [-0.15, -0.1) is 5.10 Å². The van der Waals surface area contributed by atoms with Crippen LogP contribution in [0, 0.1) is 15.7 Å². The lowest BCUT2D eigenvalue weighted by Gasteiger charge is -2.31. The highest BCUT2D eigenvalue weighted by molar-refractivity contribution is 14.1. The van der Waals surface area contributed by atoms with Crippen LogP contribution in [0.1, 0.15) is 26.2 Å². The summed E-state index contributed by atoms with van der Waals surface area (Å²) in [6, 6.07) is 0. The van der Waals surface area contributed by atoms with Gasteiger partial charge in [0.25, 0.3) is 0 Å². The summed E-state index contributed by atoms with van der Waals surface area (Å²) < 4.78 is 2.81. The lowest BCUT2D eigenvalue weighted by molar-refractivity contribution is 0.196. The summed E-state index contributed by atoms with van der Waals surface area (Å²) in [6.45, 7) is 3.35. The fraction of sp³-hybridized carbons (Fsp3) is 0.778. The van der Waals surface area contributed by atoms with Crippen molar-refractivity contribution >= 4 is 22.6 Å². The Hall–Kier alpha value is -0.130. The van der Waals surface area contributed by atoms with Crippen LogP contribution in [0.5, 0.6) is 0 Å². The average Bonchev–Trinajstić information content (AvgIpc) is 2.31. The van der Waals surface area contributed by atoms with E-state index in [1.165, 1.54) is 19.3 Å². The number of halogens is 1. The molecule has 0 amide bonds. The van der Waals surface area contributed by atoms with Crippen molar-refractivity contribution in [2.45, 2.75) is 32.7 Å². The minimum absolute atomic E-state index is 0.756. The van der Waals surface area contributed by atoms with Crippen LogP contribution in [-0.4, -0.2) is 14.8 Å². The summed E-state index contributed by atoms with van der Waals surface area (Å²) in [5.41, 5.74) is 0. The van der Waals surface area contributed by atoms with E-state index in [2.05, 4.69) is 39.6 Å². The first-order valence-corrected chi connectivity index (χ1v) is 5.88. The Morgan fingerprint density at radius 3 is 2.92 bits per heavy atom. The Morgan fingerprint density at radius 1 is 1.69 bits per heavy atom. The third kappa shape index (κ3) is 2.21. The van der Waals surface area contributed by atoms with Gasteiger partial charge in [-0.05, 0) is 11.8 Å². The maximum atomic E-state index is 4.28. The van der Waals surface area contributed by atoms with E-state index >= 15 is 0 Å². The topological polar surface area (TPSA) is 30.7 Å². The molecule has 1 fully saturated rings. The molecule has 72 valence electrons. The zero-order chi connectivity index (χ0) is 9.26. The third-order valence-electron chi connectivity index (χ3n) is 2.94. The van der Waals surface area contributed by atoms with Crippen LogP contribution in [-0.2, 0) is 6.54 Å². The van der Waals surface area contributed by atoms with Crippen molar-refractivity contribution in [3.63, 3.8) is 0 Å². The van der Waals surface area contributed by atoms with E-state index in [-0.39, 0.29) is 0 Å². The van der Waals surface area contributed by atoms with E-state index in [4.69, 9.17) is 0 Å². The van der Waals surface area contributed by atoms with Gasteiger partial charge in [0.05, 0.1) is 0 Å². The van der Waals surface area contributed by atoms with E-state index in [1.807, 2.05) is 11.0 Å². The molecule has 1 unspecified atom stereocenters. The second-order valence-electron chi connectivity index (χ2n) is 3.90. The van der Waals surface area contributed by atoms with Crippen LogP contribution < -0.4 is 0 Å². The van der Waals surface area contributed by atoms with E-state index < -0.39 is 0 Å². The first-order valence-electron chi connectivity index (χ1n) is 4.80. The molecule has 0 spiro atoms. The minimum atomic E-state index is 0.756. The summed E-state index contributed by atoms with van der Waals surface area (Å²) >= 11 is 2.14. The summed E-state index contributed by atoms with van der Waals surface area (Å²) in [7, 11) is 0. The first kappa shape index (κ1) is 9.43. The quantitative estimate of drug-likeness (QED) is 0.800. The predicted molar refractivity (Wildman–Crippen MR) is 59.2 cm³/mol. The first-order chi connectivity index (χ1) is 6.25. The Kier molecular flexibility index (Phi) is 2.86. The zero-order valence-electron chi connectivity index (χ0n) is 7.78. The highest BCUT2D eigenvalue weighted by atomic mass is 127. The largest absolute Gasteiger partial charge is 0.252 e. The molecule has 0 radical (unpaired) electrons. The maximum Gasteiger partial charge on any atom is 0.211 e. The van der Waals surface area contributed by atoms with Crippen LogP contribution in [0.15, 0.2) is 6.33 Å². The van der Waals surface area contributed by atoms with Gasteiger partial charge in [0.1, 0.15) is 6.33 Å². The van der Waals surface area contributed by atoms with Crippen LogP contribution in [0.4, 0.5) is 0 Å². The van der Waals surface area contributed by atoms with Crippen LogP contribution in [0.3, 0.4) is 0 Å². The van der Waals surface area contributed by atoms with E-state index in [0.717, 1.165) is 22.2 Å². The van der Waals surface area contributed by atoms with Crippen molar-refractivity contribution in [1.82, 2.24) is 14.8 Å². The standard InChI is InChI=1S/C9H14IN3/c1-7(8-3-2-4-8)5-13-6-11-9(10)12-13/h6-8H,2-5H2,1H3. The van der Waals surface area contributed by atoms with Crippen molar-refractivity contribution in [3.05, 3.63) is 10.2 Å². The molecule has 0 bridgehead atoms. The lowest BCUT2D eigenvalue weighted by atomic mass is 9.77. The molecule has 1 aromatic heterocycles. The molecule has 0 N–H and O–H groups in total. The summed E-state index contributed by atoms with van der Waals surface area (Å²) in [5, 5.41) is 4.28. The Balaban J connectivity index is 1.89. The maximum absolute atomic E-state index is 4.28. The highest BCUT2D eigenvalue weighted by Crippen LogP contribution is 2.33. The van der Waals surface area contributed by atoms with Crippen LogP contribution >= 0.6 is 22.6 Å². The normalized spacial score (nSPS) is 19.8. The Bertz CT molecular complexity index is 280. The molecule has 0 aliphatic heterocycles. The number of hydrogen-bond donors (Lipinski definition) is 0. The van der Waals surface area contributed by atoms with Crippen LogP contribution in [0.2, 0.25) is 0 Å². The van der Waals surface area contributed by atoms with Gasteiger partial charge in [-0.1, -0.05) is 26.2 Å². The molecule has 1 saturated carbocycles. The zero-order valence-corrected chi connectivity index (χ0v) is 9.94. The lowest BCUT2D eigenvalue weighted by Crippen LogP contribution is -2.23. The van der Waals surface area contributed by atoms with Gasteiger partial charge >= 0.3 is 0 Å². The van der Waals surface area contributed by atoms with Crippen LogP contribution in [0.25, 0.3) is 0 Å². The third-order valence-corrected chi connectivity index (χ3v) is 3.43. The van der Waals surface area contributed by atoms with Crippen molar-refractivity contribution in [2.24, 2.45) is 11.8 Å². The van der Waals surface area contributed by atoms with Crippen molar-refractivity contribution in [1.29, 1.82) is 0 Å². The van der Waals surface area contributed by atoms with Gasteiger partial charge in [-0.3, -0.25) is 4.68 Å². The monoisotopic (exact) mass is 291 g/mol. The van der Waals surface area contributed by atoms with E-state index in [9.17, 15) is 0 Å².